The lowest BCUT2D eigenvalue weighted by molar-refractivity contribution is -0.127. The van der Waals surface area contributed by atoms with Crippen molar-refractivity contribution in [2.24, 2.45) is 0 Å². The molecular weight excluding hydrogens is 480 g/mol. The number of ether oxygens (including phenoxy) is 2. The van der Waals surface area contributed by atoms with Crippen molar-refractivity contribution in [1.29, 1.82) is 0 Å². The molecule has 1 saturated heterocycles. The molecule has 0 saturated carbocycles. The van der Waals surface area contributed by atoms with E-state index in [4.69, 9.17) is 14.6 Å². The van der Waals surface area contributed by atoms with Crippen molar-refractivity contribution in [3.63, 3.8) is 0 Å². The average Bonchev–Trinajstić information content (AvgIpc) is 3.51. The molecule has 3 aromatic rings. The van der Waals surface area contributed by atoms with Crippen LogP contribution in [-0.2, 0) is 9.59 Å². The van der Waals surface area contributed by atoms with Crippen LogP contribution in [0.5, 0.6) is 11.5 Å². The molecule has 11 nitrogen and oxygen atoms in total. The minimum absolute atomic E-state index is 0.0438. The number of carbonyl (C=O) groups excluding carboxylic acids is 3. The zero-order valence-electron chi connectivity index (χ0n) is 19.9. The third kappa shape index (κ3) is 4.49. The molecule has 0 unspecified atom stereocenters. The van der Waals surface area contributed by atoms with E-state index in [9.17, 15) is 19.2 Å². The zero-order valence-corrected chi connectivity index (χ0v) is 19.9. The molecule has 0 atom stereocenters. The Balaban J connectivity index is 1.31. The van der Waals surface area contributed by atoms with Gasteiger partial charge in [0.15, 0.2) is 11.5 Å². The number of rotatable bonds is 6. The molecule has 11 heteroatoms. The summed E-state index contributed by atoms with van der Waals surface area (Å²) >= 11 is 0. The van der Waals surface area contributed by atoms with Crippen LogP contribution in [0.3, 0.4) is 0 Å². The van der Waals surface area contributed by atoms with E-state index in [2.05, 4.69) is 10.6 Å². The summed E-state index contributed by atoms with van der Waals surface area (Å²) in [6, 6.07) is 12.5. The van der Waals surface area contributed by atoms with E-state index in [0.717, 1.165) is 22.0 Å². The molecule has 0 spiro atoms. The van der Waals surface area contributed by atoms with Crippen molar-refractivity contribution in [1.82, 2.24) is 14.8 Å². The maximum Gasteiger partial charge on any atom is 0.335 e. The van der Waals surface area contributed by atoms with E-state index >= 15 is 0 Å². The van der Waals surface area contributed by atoms with E-state index in [0.29, 0.717) is 22.7 Å². The molecule has 3 heterocycles. The normalized spacial score (nSPS) is 15.3. The van der Waals surface area contributed by atoms with Gasteiger partial charge in [0, 0.05) is 28.8 Å². The molecule has 2 aliphatic heterocycles. The van der Waals surface area contributed by atoms with E-state index in [1.165, 1.54) is 12.1 Å². The third-order valence-electron chi connectivity index (χ3n) is 6.06. The molecule has 0 radical (unpaired) electrons. The number of benzene rings is 2. The van der Waals surface area contributed by atoms with Crippen LogP contribution in [0, 0.1) is 13.8 Å². The molecule has 0 aliphatic carbocycles. The van der Waals surface area contributed by atoms with Gasteiger partial charge in [-0.1, -0.05) is 0 Å². The topological polar surface area (TPSA) is 139 Å². The van der Waals surface area contributed by atoms with Gasteiger partial charge >= 0.3 is 12.0 Å². The summed E-state index contributed by atoms with van der Waals surface area (Å²) < 4.78 is 12.4. The second kappa shape index (κ2) is 9.19. The first-order chi connectivity index (χ1) is 17.7. The number of anilines is 1. The Morgan fingerprint density at radius 1 is 1.05 bits per heavy atom. The van der Waals surface area contributed by atoms with Crippen molar-refractivity contribution < 1.29 is 33.8 Å². The number of amides is 4. The lowest BCUT2D eigenvalue weighted by Crippen LogP contribution is -2.38. The van der Waals surface area contributed by atoms with E-state index in [1.54, 1.807) is 36.4 Å². The Bertz CT molecular complexity index is 1490. The van der Waals surface area contributed by atoms with Crippen LogP contribution in [0.1, 0.15) is 27.3 Å². The van der Waals surface area contributed by atoms with Crippen LogP contribution in [0.4, 0.5) is 10.5 Å². The second-order valence-corrected chi connectivity index (χ2v) is 8.51. The number of imide groups is 1. The van der Waals surface area contributed by atoms with Gasteiger partial charge in [-0.05, 0) is 68.0 Å². The number of aromatic nitrogens is 1. The van der Waals surface area contributed by atoms with E-state index in [-0.39, 0.29) is 18.1 Å². The summed E-state index contributed by atoms with van der Waals surface area (Å²) in [5, 5.41) is 14.3. The SMILES string of the molecule is Cc1cc(C=C2NC(=O)N(CC(=O)Nc3ccc4c(c3)OCO4)C2=O)c(C)n1-c1ccc(C(=O)O)cc1. The van der Waals surface area contributed by atoms with Crippen LogP contribution in [0.2, 0.25) is 0 Å². The molecule has 5 rings (SSSR count). The van der Waals surface area contributed by atoms with Gasteiger partial charge in [-0.2, -0.15) is 0 Å². The lowest BCUT2D eigenvalue weighted by atomic mass is 10.2. The first-order valence-electron chi connectivity index (χ1n) is 11.3. The third-order valence-corrected chi connectivity index (χ3v) is 6.06. The minimum atomic E-state index is -1.01. The molecule has 4 amide bonds. The highest BCUT2D eigenvalue weighted by Crippen LogP contribution is 2.34. The van der Waals surface area contributed by atoms with Gasteiger partial charge < -0.3 is 29.8 Å². The predicted molar refractivity (Wildman–Crippen MR) is 132 cm³/mol. The van der Waals surface area contributed by atoms with E-state index < -0.39 is 30.4 Å². The Morgan fingerprint density at radius 3 is 2.51 bits per heavy atom. The summed E-state index contributed by atoms with van der Waals surface area (Å²) in [6.45, 7) is 3.36. The average molecular weight is 502 g/mol. The highest BCUT2D eigenvalue weighted by atomic mass is 16.7. The minimum Gasteiger partial charge on any atom is -0.478 e. The number of aryl methyl sites for hydroxylation is 1. The second-order valence-electron chi connectivity index (χ2n) is 8.51. The maximum atomic E-state index is 12.9. The Kier molecular flexibility index (Phi) is 5.88. The van der Waals surface area contributed by atoms with Gasteiger partial charge in [0.25, 0.3) is 5.91 Å². The van der Waals surface area contributed by atoms with E-state index in [1.807, 2.05) is 24.5 Å². The summed E-state index contributed by atoms with van der Waals surface area (Å²) in [5.41, 5.74) is 3.75. The monoisotopic (exact) mass is 502 g/mol. The van der Waals surface area contributed by atoms with Gasteiger partial charge in [0.2, 0.25) is 12.7 Å². The summed E-state index contributed by atoms with van der Waals surface area (Å²) in [5.74, 6) is -1.12. The number of aromatic carboxylic acids is 1. The fourth-order valence-corrected chi connectivity index (χ4v) is 4.27. The Labute approximate surface area is 210 Å². The fraction of sp³-hybridized carbons (Fsp3) is 0.154. The molecule has 188 valence electrons. The first kappa shape index (κ1) is 23.7. The van der Waals surface area contributed by atoms with Crippen molar-refractivity contribution in [2.75, 3.05) is 18.7 Å². The molecule has 2 aliphatic rings. The largest absolute Gasteiger partial charge is 0.478 e. The predicted octanol–water partition coefficient (Wildman–Crippen LogP) is 3.05. The molecule has 37 heavy (non-hydrogen) atoms. The summed E-state index contributed by atoms with van der Waals surface area (Å²) in [4.78, 5) is 49.9. The number of carbonyl (C=O) groups is 4. The van der Waals surface area contributed by atoms with Crippen molar-refractivity contribution in [3.8, 4) is 17.2 Å². The molecular formula is C26H22N4O7. The van der Waals surface area contributed by atoms with Crippen LogP contribution in [0.25, 0.3) is 11.8 Å². The maximum absolute atomic E-state index is 12.9. The molecule has 1 fully saturated rings. The number of fused-ring (bicyclic) bond motifs is 1. The number of hydrogen-bond donors (Lipinski definition) is 3. The quantitative estimate of drug-likeness (QED) is 0.348. The Hall–Kier alpha value is -5.06. The molecule has 1 aromatic heterocycles. The zero-order chi connectivity index (χ0) is 26.3. The van der Waals surface area contributed by atoms with Crippen molar-refractivity contribution in [2.45, 2.75) is 13.8 Å². The molecule has 2 aromatic carbocycles. The van der Waals surface area contributed by atoms with Crippen LogP contribution < -0.4 is 20.1 Å². The summed E-state index contributed by atoms with van der Waals surface area (Å²) in [6.07, 6.45) is 1.56. The number of carboxylic acids is 1. The van der Waals surface area contributed by atoms with Gasteiger partial charge in [0.1, 0.15) is 12.2 Å². The lowest BCUT2D eigenvalue weighted by Gasteiger charge is -2.12. The number of urea groups is 1. The van der Waals surface area contributed by atoms with Gasteiger partial charge in [-0.15, -0.1) is 0 Å². The summed E-state index contributed by atoms with van der Waals surface area (Å²) in [7, 11) is 0. The van der Waals surface area contributed by atoms with Crippen LogP contribution >= 0.6 is 0 Å². The first-order valence-corrected chi connectivity index (χ1v) is 11.3. The Morgan fingerprint density at radius 2 is 1.78 bits per heavy atom. The van der Waals surface area contributed by atoms with Crippen molar-refractivity contribution >= 4 is 35.6 Å². The number of nitrogens with one attached hydrogen (secondary N) is 2. The molecule has 3 N–H and O–H groups in total. The van der Waals surface area contributed by atoms with Crippen LogP contribution in [0.15, 0.2) is 54.2 Å². The smallest absolute Gasteiger partial charge is 0.335 e. The van der Waals surface area contributed by atoms with Gasteiger partial charge in [0.05, 0.1) is 5.56 Å². The number of carboxylic acid groups (broad SMARTS) is 1. The fourth-order valence-electron chi connectivity index (χ4n) is 4.27. The number of nitrogens with zero attached hydrogens (tertiary/aromatic N) is 2. The number of hydrogen-bond acceptors (Lipinski definition) is 6. The molecule has 0 bridgehead atoms. The van der Waals surface area contributed by atoms with Gasteiger partial charge in [-0.25, -0.2) is 14.5 Å². The highest BCUT2D eigenvalue weighted by molar-refractivity contribution is 6.16. The standard InChI is InChI=1S/C26H22N4O7/c1-14-9-17(15(2)30(14)19-6-3-16(4-7-19)25(33)34)10-20-24(32)29(26(35)28-20)12-23(31)27-18-5-8-21-22(11-18)37-13-36-21/h3-11H,12-13H2,1-2H3,(H,27,31)(H,28,35)(H,33,34). The van der Waals surface area contributed by atoms with Gasteiger partial charge in [-0.3, -0.25) is 9.59 Å². The van der Waals surface area contributed by atoms with Crippen LogP contribution in [-0.4, -0.2) is 51.7 Å². The highest BCUT2D eigenvalue weighted by Gasteiger charge is 2.35. The van der Waals surface area contributed by atoms with Crippen molar-refractivity contribution in [3.05, 3.63) is 76.7 Å².